The van der Waals surface area contributed by atoms with Gasteiger partial charge in [0.15, 0.2) is 0 Å². The van der Waals surface area contributed by atoms with Gasteiger partial charge in [0.05, 0.1) is 0 Å². The largest absolute Gasteiger partial charge is 0.326 e. The van der Waals surface area contributed by atoms with Gasteiger partial charge in [-0.05, 0) is 18.6 Å². The first kappa shape index (κ1) is 11.3. The number of aryl methyl sites for hydroxylation is 1. The van der Waals surface area contributed by atoms with Crippen molar-refractivity contribution in [3.8, 4) is 0 Å². The summed E-state index contributed by atoms with van der Waals surface area (Å²) in [6.07, 6.45) is 0. The normalized spacial score (nSPS) is 9.33. The van der Waals surface area contributed by atoms with E-state index < -0.39 is 11.6 Å². The van der Waals surface area contributed by atoms with E-state index in [2.05, 4.69) is 0 Å². The fourth-order valence-electron chi connectivity index (χ4n) is 0.873. The molecule has 0 saturated heterocycles. The van der Waals surface area contributed by atoms with Gasteiger partial charge in [0.25, 0.3) is 0 Å². The minimum absolute atomic E-state index is 0. The molecule has 1 aromatic rings. The Morgan fingerprint density at radius 1 is 1.25 bits per heavy atom. The lowest BCUT2D eigenvalue weighted by atomic mass is 10.1. The Balaban J connectivity index is 0.00000121. The van der Waals surface area contributed by atoms with Crippen LogP contribution in [0, 0.1) is 18.6 Å². The number of hydrogen-bond donors (Lipinski definition) is 1. The van der Waals surface area contributed by atoms with Crippen LogP contribution in [-0.4, -0.2) is 0 Å². The second-order valence-corrected chi connectivity index (χ2v) is 2.40. The zero-order chi connectivity index (χ0) is 8.43. The predicted molar refractivity (Wildman–Crippen MR) is 46.2 cm³/mol. The fourth-order valence-corrected chi connectivity index (χ4v) is 0.873. The van der Waals surface area contributed by atoms with Gasteiger partial charge in [-0.15, -0.1) is 12.4 Å². The minimum atomic E-state index is -0.574. The summed E-state index contributed by atoms with van der Waals surface area (Å²) in [5, 5.41) is 0. The van der Waals surface area contributed by atoms with Gasteiger partial charge in [-0.25, -0.2) is 8.78 Å². The molecule has 0 aromatic heterocycles. The van der Waals surface area contributed by atoms with Crippen LogP contribution in [0.15, 0.2) is 12.1 Å². The maximum Gasteiger partial charge on any atom is 0.130 e. The molecule has 0 spiro atoms. The molecule has 4 heteroatoms. The minimum Gasteiger partial charge on any atom is -0.326 e. The van der Waals surface area contributed by atoms with Crippen LogP contribution >= 0.6 is 12.4 Å². The van der Waals surface area contributed by atoms with E-state index in [0.29, 0.717) is 11.1 Å². The van der Waals surface area contributed by atoms with Crippen molar-refractivity contribution >= 4 is 12.4 Å². The van der Waals surface area contributed by atoms with E-state index in [1.807, 2.05) is 0 Å². The molecule has 0 atom stereocenters. The molecule has 0 aliphatic carbocycles. The summed E-state index contributed by atoms with van der Waals surface area (Å²) >= 11 is 0. The molecule has 0 heterocycles. The van der Waals surface area contributed by atoms with Gasteiger partial charge in [0, 0.05) is 18.2 Å². The second-order valence-electron chi connectivity index (χ2n) is 2.40. The Bertz CT molecular complexity index is 276. The lowest BCUT2D eigenvalue weighted by molar-refractivity contribution is 0.567. The molecule has 1 rings (SSSR count). The lowest BCUT2D eigenvalue weighted by Crippen LogP contribution is -2.01. The number of hydrogen-bond acceptors (Lipinski definition) is 1. The molecule has 0 aliphatic heterocycles. The highest BCUT2D eigenvalue weighted by Gasteiger charge is 2.04. The summed E-state index contributed by atoms with van der Waals surface area (Å²) in [5.41, 5.74) is 5.98. The van der Waals surface area contributed by atoms with Gasteiger partial charge in [-0.1, -0.05) is 0 Å². The average Bonchev–Trinajstić information content (AvgIpc) is 1.97. The molecular weight excluding hydrogens is 184 g/mol. The van der Waals surface area contributed by atoms with Crippen molar-refractivity contribution in [2.45, 2.75) is 13.5 Å². The van der Waals surface area contributed by atoms with Crippen LogP contribution in [0.4, 0.5) is 8.78 Å². The van der Waals surface area contributed by atoms with Crippen LogP contribution < -0.4 is 5.73 Å². The summed E-state index contributed by atoms with van der Waals surface area (Å²) in [7, 11) is 0. The molecule has 0 unspecified atom stereocenters. The molecule has 0 amide bonds. The molecule has 0 bridgehead atoms. The molecule has 0 saturated carbocycles. The fraction of sp³-hybridized carbons (Fsp3) is 0.250. The predicted octanol–water partition coefficient (Wildman–Crippen LogP) is 2.15. The van der Waals surface area contributed by atoms with Crippen molar-refractivity contribution < 1.29 is 8.78 Å². The summed E-state index contributed by atoms with van der Waals surface area (Å²) in [5.74, 6) is -1.10. The van der Waals surface area contributed by atoms with E-state index in [0.717, 1.165) is 6.07 Å². The van der Waals surface area contributed by atoms with E-state index in [-0.39, 0.29) is 19.0 Å². The summed E-state index contributed by atoms with van der Waals surface area (Å²) in [6.45, 7) is 1.68. The Morgan fingerprint density at radius 2 is 1.83 bits per heavy atom. The highest BCUT2D eigenvalue weighted by Crippen LogP contribution is 2.12. The van der Waals surface area contributed by atoms with Gasteiger partial charge >= 0.3 is 0 Å². The van der Waals surface area contributed by atoms with Crippen LogP contribution in [0.3, 0.4) is 0 Å². The second kappa shape index (κ2) is 4.38. The highest BCUT2D eigenvalue weighted by atomic mass is 35.5. The van der Waals surface area contributed by atoms with Crippen molar-refractivity contribution in [2.24, 2.45) is 5.73 Å². The van der Waals surface area contributed by atoms with Crippen LogP contribution in [0.1, 0.15) is 11.1 Å². The summed E-state index contributed by atoms with van der Waals surface area (Å²) in [6, 6.07) is 2.28. The molecule has 0 radical (unpaired) electrons. The number of nitrogens with two attached hydrogens (primary N) is 1. The zero-order valence-corrected chi connectivity index (χ0v) is 7.42. The first-order valence-electron chi connectivity index (χ1n) is 3.29. The van der Waals surface area contributed by atoms with Gasteiger partial charge < -0.3 is 5.73 Å². The average molecular weight is 194 g/mol. The third-order valence-corrected chi connectivity index (χ3v) is 1.55. The molecule has 68 valence electrons. The quantitative estimate of drug-likeness (QED) is 0.727. The Morgan fingerprint density at radius 3 is 2.33 bits per heavy atom. The Labute approximate surface area is 76.0 Å². The number of benzene rings is 1. The monoisotopic (exact) mass is 193 g/mol. The van der Waals surface area contributed by atoms with Crippen molar-refractivity contribution in [1.82, 2.24) is 0 Å². The molecule has 1 aromatic carbocycles. The Hall–Kier alpha value is -0.670. The summed E-state index contributed by atoms with van der Waals surface area (Å²) < 4.78 is 25.3. The highest BCUT2D eigenvalue weighted by molar-refractivity contribution is 5.85. The van der Waals surface area contributed by atoms with Crippen LogP contribution in [0.25, 0.3) is 0 Å². The van der Waals surface area contributed by atoms with Gasteiger partial charge in [-0.2, -0.15) is 0 Å². The van der Waals surface area contributed by atoms with Crippen molar-refractivity contribution in [2.75, 3.05) is 0 Å². The molecule has 1 nitrogen and oxygen atoms in total. The first-order chi connectivity index (χ1) is 5.15. The lowest BCUT2D eigenvalue weighted by Gasteiger charge is -2.01. The summed E-state index contributed by atoms with van der Waals surface area (Å²) in [4.78, 5) is 0. The Kier molecular flexibility index (Phi) is 4.13. The van der Waals surface area contributed by atoms with Crippen LogP contribution in [0.2, 0.25) is 0 Å². The van der Waals surface area contributed by atoms with Gasteiger partial charge in [0.1, 0.15) is 11.6 Å². The zero-order valence-electron chi connectivity index (χ0n) is 6.60. The smallest absolute Gasteiger partial charge is 0.130 e. The SMILES string of the molecule is Cc1cc(CN)c(F)cc1F.Cl. The first-order valence-corrected chi connectivity index (χ1v) is 3.29. The molecule has 12 heavy (non-hydrogen) atoms. The van der Waals surface area contributed by atoms with E-state index in [4.69, 9.17) is 5.73 Å². The van der Waals surface area contributed by atoms with Crippen LogP contribution in [-0.2, 0) is 6.54 Å². The third-order valence-electron chi connectivity index (χ3n) is 1.55. The van der Waals surface area contributed by atoms with E-state index in [1.54, 1.807) is 6.92 Å². The van der Waals surface area contributed by atoms with E-state index in [1.165, 1.54) is 6.07 Å². The standard InChI is InChI=1S/C8H9F2N.ClH/c1-5-2-6(4-11)8(10)3-7(5)9;/h2-3H,4,11H2,1H3;1H. The van der Waals surface area contributed by atoms with Crippen molar-refractivity contribution in [1.29, 1.82) is 0 Å². The molecule has 0 aliphatic rings. The maximum atomic E-state index is 12.7. The number of rotatable bonds is 1. The van der Waals surface area contributed by atoms with E-state index in [9.17, 15) is 8.78 Å². The van der Waals surface area contributed by atoms with Crippen LogP contribution in [0.5, 0.6) is 0 Å². The molecule has 0 fully saturated rings. The van der Waals surface area contributed by atoms with E-state index >= 15 is 0 Å². The molecular formula is C8H10ClF2N. The maximum absolute atomic E-state index is 12.7. The third kappa shape index (κ3) is 2.16. The van der Waals surface area contributed by atoms with Gasteiger partial charge in [-0.3, -0.25) is 0 Å². The number of halogens is 3. The van der Waals surface area contributed by atoms with Gasteiger partial charge in [0.2, 0.25) is 0 Å². The molecule has 2 N–H and O–H groups in total. The van der Waals surface area contributed by atoms with Crippen molar-refractivity contribution in [3.05, 3.63) is 34.9 Å². The topological polar surface area (TPSA) is 26.0 Å². The van der Waals surface area contributed by atoms with Crippen molar-refractivity contribution in [3.63, 3.8) is 0 Å².